The van der Waals surface area contributed by atoms with Crippen LogP contribution in [0.15, 0.2) is 48.5 Å². The van der Waals surface area contributed by atoms with Crippen LogP contribution in [0.1, 0.15) is 44.4 Å². The van der Waals surface area contributed by atoms with E-state index in [2.05, 4.69) is 77.6 Å². The van der Waals surface area contributed by atoms with Crippen molar-refractivity contribution in [3.8, 4) is 34.9 Å². The van der Waals surface area contributed by atoms with Gasteiger partial charge in [-0.05, 0) is 21.9 Å². The Hall–Kier alpha value is -3.79. The van der Waals surface area contributed by atoms with Crippen LogP contribution in [-0.2, 0) is 18.4 Å². The number of benzene rings is 2. The number of nitrogens with zero attached hydrogens (tertiary/aromatic N) is 6. The van der Waals surface area contributed by atoms with E-state index < -0.39 is 0 Å². The van der Waals surface area contributed by atoms with E-state index in [-0.39, 0.29) is 5.41 Å². The fraction of sp³-hybridized carbons (Fsp3) is 0.292. The molecule has 0 saturated heterocycles. The minimum atomic E-state index is -0.112. The maximum atomic E-state index is 5.47. The lowest BCUT2D eigenvalue weighted by Crippen LogP contribution is -2.14. The van der Waals surface area contributed by atoms with E-state index in [9.17, 15) is 0 Å². The molecule has 0 atom stereocenters. The monoisotopic (exact) mass is 411 g/mol. The predicted molar refractivity (Wildman–Crippen MR) is 120 cm³/mol. The topological polar surface area (TPSA) is 85.2 Å². The van der Waals surface area contributed by atoms with E-state index in [4.69, 9.17) is 16.5 Å². The van der Waals surface area contributed by atoms with E-state index in [0.29, 0.717) is 18.8 Å². The fourth-order valence-corrected chi connectivity index (χ4v) is 3.36. The Kier molecular flexibility index (Phi) is 5.63. The first kappa shape index (κ1) is 20.5. The Balaban J connectivity index is 1.61. The molecule has 2 aromatic heterocycles. The second kappa shape index (κ2) is 8.52. The van der Waals surface area contributed by atoms with Crippen LogP contribution in [0, 0.1) is 12.3 Å². The van der Waals surface area contributed by atoms with E-state index in [1.807, 2.05) is 22.9 Å². The zero-order chi connectivity index (χ0) is 21.8. The van der Waals surface area contributed by atoms with Crippen molar-refractivity contribution in [2.45, 2.75) is 45.6 Å². The Labute approximate surface area is 181 Å². The second-order valence-corrected chi connectivity index (χ2v) is 8.44. The van der Waals surface area contributed by atoms with Crippen molar-refractivity contribution in [2.24, 2.45) is 0 Å². The normalized spacial score (nSPS) is 11.4. The molecule has 7 heteroatoms. The minimum Gasteiger partial charge on any atom is -0.245 e. The molecule has 0 amide bonds. The van der Waals surface area contributed by atoms with Gasteiger partial charge in [0.25, 0.3) is 0 Å². The van der Waals surface area contributed by atoms with Gasteiger partial charge < -0.3 is 0 Å². The molecule has 0 aliphatic rings. The van der Waals surface area contributed by atoms with Crippen molar-refractivity contribution in [3.63, 3.8) is 0 Å². The van der Waals surface area contributed by atoms with Crippen LogP contribution in [0.2, 0.25) is 0 Å². The van der Waals surface area contributed by atoms with E-state index in [0.717, 1.165) is 40.3 Å². The molecule has 2 heterocycles. The number of terminal acetylenes is 1. The summed E-state index contributed by atoms with van der Waals surface area (Å²) in [5.74, 6) is 5.04. The third-order valence-electron chi connectivity index (χ3n) is 5.02. The van der Waals surface area contributed by atoms with Crippen molar-refractivity contribution in [2.75, 3.05) is 0 Å². The molecule has 0 fully saturated rings. The molecular weight excluding hydrogens is 386 g/mol. The fourth-order valence-electron chi connectivity index (χ4n) is 3.36. The van der Waals surface area contributed by atoms with Crippen molar-refractivity contribution < 1.29 is 0 Å². The van der Waals surface area contributed by atoms with Gasteiger partial charge in [0.1, 0.15) is 5.82 Å². The number of hydrogen-bond acceptors (Lipinski definition) is 5. The van der Waals surface area contributed by atoms with Gasteiger partial charge in [0.05, 0.1) is 6.54 Å². The number of nitrogens with one attached hydrogen (secondary N) is 1. The Morgan fingerprint density at radius 3 is 2.42 bits per heavy atom. The van der Waals surface area contributed by atoms with E-state index in [1.54, 1.807) is 0 Å². The van der Waals surface area contributed by atoms with Crippen molar-refractivity contribution >= 4 is 0 Å². The van der Waals surface area contributed by atoms with Gasteiger partial charge in [0.2, 0.25) is 5.82 Å². The van der Waals surface area contributed by atoms with Gasteiger partial charge in [-0.25, -0.2) is 9.67 Å². The molecule has 31 heavy (non-hydrogen) atoms. The zero-order valence-corrected chi connectivity index (χ0v) is 18.0. The summed E-state index contributed by atoms with van der Waals surface area (Å²) in [4.78, 5) is 4.75. The molecule has 0 spiro atoms. The van der Waals surface area contributed by atoms with Crippen LogP contribution in [0.5, 0.6) is 0 Å². The van der Waals surface area contributed by atoms with Crippen molar-refractivity contribution in [1.82, 2.24) is 35.4 Å². The molecule has 2 aromatic carbocycles. The van der Waals surface area contributed by atoms with Crippen LogP contribution in [0.3, 0.4) is 0 Å². The van der Waals surface area contributed by atoms with Gasteiger partial charge in [-0.2, -0.15) is 10.3 Å². The minimum absolute atomic E-state index is 0.112. The number of tetrazole rings is 1. The van der Waals surface area contributed by atoms with Gasteiger partial charge in [-0.3, -0.25) is 0 Å². The lowest BCUT2D eigenvalue weighted by Gasteiger charge is -2.12. The Morgan fingerprint density at radius 1 is 1.03 bits per heavy atom. The summed E-state index contributed by atoms with van der Waals surface area (Å²) in [5.41, 5.74) is 4.12. The maximum absolute atomic E-state index is 5.47. The third kappa shape index (κ3) is 4.53. The smallest absolute Gasteiger partial charge is 0.205 e. The van der Waals surface area contributed by atoms with Gasteiger partial charge in [-0.1, -0.05) is 69.3 Å². The maximum Gasteiger partial charge on any atom is 0.205 e. The summed E-state index contributed by atoms with van der Waals surface area (Å²) < 4.78 is 1.97. The van der Waals surface area contributed by atoms with Gasteiger partial charge in [0, 0.05) is 23.8 Å². The standard InChI is InChI=1S/C24H25N7/c1-5-6-11-21-25-23(24(2,3)4)28-31(21)16-17-12-14-18(15-13-17)19-9-7-8-10-20(19)22-26-29-30-27-22/h1,7-10,12-15H,6,11,16H2,2-4H3,(H,26,27,29,30). The van der Waals surface area contributed by atoms with Crippen LogP contribution in [-0.4, -0.2) is 35.4 Å². The van der Waals surface area contributed by atoms with Gasteiger partial charge in [-0.15, -0.1) is 22.5 Å². The lowest BCUT2D eigenvalue weighted by atomic mass is 9.96. The molecule has 0 aliphatic heterocycles. The summed E-state index contributed by atoms with van der Waals surface area (Å²) in [5, 5.41) is 19.2. The Bertz CT molecular complexity index is 1190. The summed E-state index contributed by atoms with van der Waals surface area (Å²) in [6.45, 7) is 7.00. The van der Waals surface area contributed by atoms with E-state index in [1.165, 1.54) is 0 Å². The summed E-state index contributed by atoms with van der Waals surface area (Å²) in [6.07, 6.45) is 6.83. The number of rotatable bonds is 6. The SMILES string of the molecule is C#CCCc1nc(C(C)(C)C)nn1Cc1ccc(-c2ccccc2-c2nn[nH]n2)cc1. The summed E-state index contributed by atoms with van der Waals surface area (Å²) in [7, 11) is 0. The van der Waals surface area contributed by atoms with E-state index >= 15 is 0 Å². The average molecular weight is 412 g/mol. The van der Waals surface area contributed by atoms with Crippen molar-refractivity contribution in [3.05, 3.63) is 65.7 Å². The quantitative estimate of drug-likeness (QED) is 0.484. The highest BCUT2D eigenvalue weighted by Crippen LogP contribution is 2.30. The van der Waals surface area contributed by atoms with Crippen LogP contribution in [0.4, 0.5) is 0 Å². The van der Waals surface area contributed by atoms with Crippen LogP contribution in [0.25, 0.3) is 22.5 Å². The summed E-state index contributed by atoms with van der Waals surface area (Å²) in [6, 6.07) is 16.5. The number of aromatic amines is 1. The summed E-state index contributed by atoms with van der Waals surface area (Å²) >= 11 is 0. The van der Waals surface area contributed by atoms with Gasteiger partial charge >= 0.3 is 0 Å². The molecule has 4 aromatic rings. The molecule has 0 saturated carbocycles. The predicted octanol–water partition coefficient (Wildman–Crippen LogP) is 4.04. The number of aromatic nitrogens is 7. The molecular formula is C24H25N7. The first-order valence-electron chi connectivity index (χ1n) is 10.3. The molecule has 4 rings (SSSR count). The van der Waals surface area contributed by atoms with Gasteiger partial charge in [0.15, 0.2) is 5.82 Å². The third-order valence-corrected chi connectivity index (χ3v) is 5.02. The molecule has 0 radical (unpaired) electrons. The highest BCUT2D eigenvalue weighted by atomic mass is 15.5. The first-order chi connectivity index (χ1) is 15.0. The first-order valence-corrected chi connectivity index (χ1v) is 10.3. The molecule has 0 bridgehead atoms. The van der Waals surface area contributed by atoms with Crippen LogP contribution >= 0.6 is 0 Å². The number of hydrogen-bond donors (Lipinski definition) is 1. The Morgan fingerprint density at radius 2 is 1.77 bits per heavy atom. The molecule has 7 nitrogen and oxygen atoms in total. The molecule has 1 N–H and O–H groups in total. The average Bonchev–Trinajstić information content (AvgIpc) is 3.43. The largest absolute Gasteiger partial charge is 0.245 e. The van der Waals surface area contributed by atoms with Crippen molar-refractivity contribution in [1.29, 1.82) is 0 Å². The number of aryl methyl sites for hydroxylation is 1. The number of H-pyrrole nitrogens is 1. The molecule has 0 unspecified atom stereocenters. The molecule has 156 valence electrons. The zero-order valence-electron chi connectivity index (χ0n) is 18.0. The molecule has 0 aliphatic carbocycles. The van der Waals surface area contributed by atoms with Crippen LogP contribution < -0.4 is 0 Å². The highest BCUT2D eigenvalue weighted by Gasteiger charge is 2.21. The second-order valence-electron chi connectivity index (χ2n) is 8.44. The lowest BCUT2D eigenvalue weighted by molar-refractivity contribution is 0.532. The highest BCUT2D eigenvalue weighted by molar-refractivity contribution is 5.80.